The molecule has 0 saturated heterocycles. The summed E-state index contributed by atoms with van der Waals surface area (Å²) in [5.74, 6) is 0.226. The molecule has 0 radical (unpaired) electrons. The number of thiophene rings is 1. The monoisotopic (exact) mass is 239 g/mol. The second-order valence-corrected chi connectivity index (χ2v) is 3.97. The van der Waals surface area contributed by atoms with E-state index < -0.39 is 5.97 Å². The molecule has 0 spiro atoms. The minimum Gasteiger partial charge on any atom is -0.484 e. The molecule has 0 aromatic carbocycles. The van der Waals surface area contributed by atoms with Gasteiger partial charge in [-0.3, -0.25) is 0 Å². The van der Waals surface area contributed by atoms with Gasteiger partial charge in [-0.1, -0.05) is 0 Å². The molecule has 0 atom stereocenters. The van der Waals surface area contributed by atoms with Gasteiger partial charge in [-0.2, -0.15) is 5.26 Å². The Morgan fingerprint density at radius 2 is 2.19 bits per heavy atom. The highest BCUT2D eigenvalue weighted by atomic mass is 32.1. The summed E-state index contributed by atoms with van der Waals surface area (Å²) >= 11 is 1.04. The van der Waals surface area contributed by atoms with Crippen LogP contribution in [0.1, 0.15) is 21.5 Å². The Bertz CT molecular complexity index is 460. The quantitative estimate of drug-likeness (QED) is 0.733. The van der Waals surface area contributed by atoms with Crippen molar-refractivity contribution in [3.8, 4) is 17.6 Å². The number of carbonyl (C=O) groups is 1. The minimum absolute atomic E-state index is 0.286. The molecule has 0 unspecified atom stereocenters. The zero-order chi connectivity index (χ0) is 11.5. The van der Waals surface area contributed by atoms with Gasteiger partial charge >= 0.3 is 5.97 Å². The first-order valence-electron chi connectivity index (χ1n) is 4.77. The fraction of sp³-hybridized carbons (Fsp3) is 0.400. The van der Waals surface area contributed by atoms with Crippen molar-refractivity contribution in [1.29, 1.82) is 5.26 Å². The average Bonchev–Trinajstić information content (AvgIpc) is 2.68. The molecule has 5 nitrogen and oxygen atoms in total. The highest BCUT2D eigenvalue weighted by molar-refractivity contribution is 7.15. The summed E-state index contributed by atoms with van der Waals surface area (Å²) in [6.45, 7) is 2.77. The van der Waals surface area contributed by atoms with Gasteiger partial charge in [0.05, 0.1) is 6.61 Å². The molecule has 1 aromatic heterocycles. The molecule has 2 rings (SSSR count). The molecule has 0 saturated carbocycles. The van der Waals surface area contributed by atoms with Crippen LogP contribution in [0, 0.1) is 11.3 Å². The second kappa shape index (κ2) is 4.41. The first kappa shape index (κ1) is 10.8. The molecule has 0 aliphatic carbocycles. The van der Waals surface area contributed by atoms with Crippen LogP contribution >= 0.6 is 11.3 Å². The van der Waals surface area contributed by atoms with Crippen molar-refractivity contribution in [2.75, 3.05) is 19.8 Å². The van der Waals surface area contributed by atoms with Crippen LogP contribution in [0.4, 0.5) is 0 Å². The van der Waals surface area contributed by atoms with Gasteiger partial charge in [0.2, 0.25) is 0 Å². The van der Waals surface area contributed by atoms with Crippen molar-refractivity contribution in [3.63, 3.8) is 0 Å². The van der Waals surface area contributed by atoms with Gasteiger partial charge in [-0.25, -0.2) is 4.79 Å². The van der Waals surface area contributed by atoms with Crippen molar-refractivity contribution >= 4 is 17.3 Å². The lowest BCUT2D eigenvalue weighted by Gasteiger charge is -2.15. The Hall–Kier alpha value is -1.74. The third-order valence-electron chi connectivity index (χ3n) is 1.96. The molecule has 0 N–H and O–H groups in total. The molecule has 6 heteroatoms. The van der Waals surface area contributed by atoms with Gasteiger partial charge in [0, 0.05) is 0 Å². The molecule has 1 aromatic rings. The SMILES string of the molecule is CCOC(=O)c1sc(C#N)c2c1OCCO2. The van der Waals surface area contributed by atoms with Crippen molar-refractivity contribution in [2.45, 2.75) is 6.92 Å². The Morgan fingerprint density at radius 3 is 2.81 bits per heavy atom. The molecule has 2 heterocycles. The molecule has 84 valence electrons. The lowest BCUT2D eigenvalue weighted by molar-refractivity contribution is 0.0524. The van der Waals surface area contributed by atoms with Crippen molar-refractivity contribution in [3.05, 3.63) is 9.75 Å². The molecule has 1 aliphatic rings. The predicted molar refractivity (Wildman–Crippen MR) is 56.0 cm³/mol. The van der Waals surface area contributed by atoms with Gasteiger partial charge in [0.25, 0.3) is 0 Å². The fourth-order valence-corrected chi connectivity index (χ4v) is 2.24. The largest absolute Gasteiger partial charge is 0.484 e. The molecule has 0 fully saturated rings. The number of ether oxygens (including phenoxy) is 3. The maximum absolute atomic E-state index is 11.6. The Morgan fingerprint density at radius 1 is 1.50 bits per heavy atom. The van der Waals surface area contributed by atoms with E-state index in [1.54, 1.807) is 6.92 Å². The van der Waals surface area contributed by atoms with E-state index in [2.05, 4.69) is 0 Å². The van der Waals surface area contributed by atoms with Crippen LogP contribution < -0.4 is 9.47 Å². The van der Waals surface area contributed by atoms with Crippen LogP contribution in [-0.2, 0) is 4.74 Å². The van der Waals surface area contributed by atoms with Gasteiger partial charge in [-0.05, 0) is 6.92 Å². The number of hydrogen-bond donors (Lipinski definition) is 0. The molecular formula is C10H9NO4S. The smallest absolute Gasteiger partial charge is 0.352 e. The highest BCUT2D eigenvalue weighted by Gasteiger charge is 2.28. The summed E-state index contributed by atoms with van der Waals surface area (Å²) in [6.07, 6.45) is 0. The first-order chi connectivity index (χ1) is 7.77. The summed E-state index contributed by atoms with van der Waals surface area (Å²) in [4.78, 5) is 12.2. The number of nitriles is 1. The van der Waals surface area contributed by atoms with E-state index in [1.807, 2.05) is 6.07 Å². The number of nitrogens with zero attached hydrogens (tertiary/aromatic N) is 1. The normalized spacial score (nSPS) is 13.0. The first-order valence-corrected chi connectivity index (χ1v) is 5.59. The van der Waals surface area contributed by atoms with Crippen LogP contribution in [0.25, 0.3) is 0 Å². The van der Waals surface area contributed by atoms with E-state index in [9.17, 15) is 4.79 Å². The topological polar surface area (TPSA) is 68.6 Å². The van der Waals surface area contributed by atoms with E-state index >= 15 is 0 Å². The van der Waals surface area contributed by atoms with Gasteiger partial charge < -0.3 is 14.2 Å². The van der Waals surface area contributed by atoms with Gasteiger partial charge in [0.1, 0.15) is 19.3 Å². The summed E-state index contributed by atoms with van der Waals surface area (Å²) < 4.78 is 15.5. The predicted octanol–water partition coefficient (Wildman–Crippen LogP) is 1.57. The number of fused-ring (bicyclic) bond motifs is 1. The van der Waals surface area contributed by atoms with E-state index in [1.165, 1.54) is 0 Å². The fourth-order valence-electron chi connectivity index (χ4n) is 1.36. The second-order valence-electron chi connectivity index (χ2n) is 2.95. The maximum atomic E-state index is 11.6. The van der Waals surface area contributed by atoms with Crippen LogP contribution in [-0.4, -0.2) is 25.8 Å². The lowest BCUT2D eigenvalue weighted by Crippen LogP contribution is -2.16. The highest BCUT2D eigenvalue weighted by Crippen LogP contribution is 2.43. The summed E-state index contributed by atoms with van der Waals surface area (Å²) in [6, 6.07) is 1.98. The molecular weight excluding hydrogens is 230 g/mol. The van der Waals surface area contributed by atoms with E-state index in [0.717, 1.165) is 11.3 Å². The zero-order valence-electron chi connectivity index (χ0n) is 8.61. The van der Waals surface area contributed by atoms with E-state index in [4.69, 9.17) is 19.5 Å². The maximum Gasteiger partial charge on any atom is 0.352 e. The standard InChI is InChI=1S/C10H9NO4S/c1-2-13-10(12)9-8-7(6(5-11)16-9)14-3-4-15-8/h2-4H2,1H3. The molecule has 1 aliphatic heterocycles. The van der Waals surface area contributed by atoms with Crippen molar-refractivity contribution in [1.82, 2.24) is 0 Å². The number of carbonyl (C=O) groups excluding carboxylic acids is 1. The lowest BCUT2D eigenvalue weighted by atomic mass is 10.3. The molecule has 0 bridgehead atoms. The Kier molecular flexibility index (Phi) is 2.97. The van der Waals surface area contributed by atoms with Crippen LogP contribution in [0.2, 0.25) is 0 Å². The number of rotatable bonds is 2. The summed E-state index contributed by atoms with van der Waals surface area (Å²) in [5, 5.41) is 8.89. The third kappa shape index (κ3) is 1.70. The summed E-state index contributed by atoms with van der Waals surface area (Å²) in [5.41, 5.74) is 0. The molecule has 16 heavy (non-hydrogen) atoms. The Labute approximate surface area is 96.2 Å². The van der Waals surface area contributed by atoms with Crippen molar-refractivity contribution < 1.29 is 19.0 Å². The van der Waals surface area contributed by atoms with Crippen LogP contribution in [0.5, 0.6) is 11.5 Å². The van der Waals surface area contributed by atoms with E-state index in [-0.39, 0.29) is 6.61 Å². The Balaban J connectivity index is 2.43. The van der Waals surface area contributed by atoms with Crippen molar-refractivity contribution in [2.24, 2.45) is 0 Å². The zero-order valence-corrected chi connectivity index (χ0v) is 9.43. The molecule has 0 amide bonds. The number of esters is 1. The van der Waals surface area contributed by atoms with Gasteiger partial charge in [-0.15, -0.1) is 11.3 Å². The minimum atomic E-state index is -0.476. The van der Waals surface area contributed by atoms with Gasteiger partial charge in [0.15, 0.2) is 21.3 Å². The van der Waals surface area contributed by atoms with Crippen LogP contribution in [0.15, 0.2) is 0 Å². The number of hydrogen-bond acceptors (Lipinski definition) is 6. The average molecular weight is 239 g/mol. The third-order valence-corrected chi connectivity index (χ3v) is 3.00. The van der Waals surface area contributed by atoms with E-state index in [0.29, 0.717) is 34.5 Å². The summed E-state index contributed by atoms with van der Waals surface area (Å²) in [7, 11) is 0. The van der Waals surface area contributed by atoms with Crippen LogP contribution in [0.3, 0.4) is 0 Å².